The van der Waals surface area contributed by atoms with Gasteiger partial charge in [0.2, 0.25) is 0 Å². The summed E-state index contributed by atoms with van der Waals surface area (Å²) in [5.41, 5.74) is 0. The molecule has 1 fully saturated rings. The van der Waals surface area contributed by atoms with Gasteiger partial charge in [0.15, 0.2) is 9.84 Å². The molecular formula is C5H9FO4S2. The molecule has 0 radical (unpaired) electrons. The van der Waals surface area contributed by atoms with E-state index in [0.717, 1.165) is 0 Å². The summed E-state index contributed by atoms with van der Waals surface area (Å²) in [6.45, 7) is 0. The molecule has 12 heavy (non-hydrogen) atoms. The summed E-state index contributed by atoms with van der Waals surface area (Å²) < 4.78 is 54.8. The van der Waals surface area contributed by atoms with E-state index in [4.69, 9.17) is 0 Å². The van der Waals surface area contributed by atoms with Gasteiger partial charge in [0.1, 0.15) is 5.25 Å². The summed E-state index contributed by atoms with van der Waals surface area (Å²) >= 11 is 0. The van der Waals surface area contributed by atoms with Crippen LogP contribution < -0.4 is 0 Å². The third kappa shape index (κ3) is 2.41. The van der Waals surface area contributed by atoms with Crippen molar-refractivity contribution >= 4 is 20.1 Å². The highest BCUT2D eigenvalue weighted by Crippen LogP contribution is 2.19. The minimum Gasteiger partial charge on any atom is -0.229 e. The van der Waals surface area contributed by atoms with Gasteiger partial charge in [0.05, 0.1) is 11.5 Å². The van der Waals surface area contributed by atoms with Gasteiger partial charge in [-0.1, -0.05) is 0 Å². The number of sulfone groups is 1. The second-order valence-electron chi connectivity index (χ2n) is 2.85. The van der Waals surface area contributed by atoms with Crippen molar-refractivity contribution in [3.63, 3.8) is 0 Å². The fourth-order valence-corrected chi connectivity index (χ4v) is 4.43. The third-order valence-corrected chi connectivity index (χ3v) is 5.05. The van der Waals surface area contributed by atoms with Crippen molar-refractivity contribution in [3.05, 3.63) is 0 Å². The van der Waals surface area contributed by atoms with Gasteiger partial charge in [-0.05, 0) is 12.8 Å². The molecule has 1 rings (SSSR count). The van der Waals surface area contributed by atoms with E-state index in [-0.39, 0.29) is 18.6 Å². The summed E-state index contributed by atoms with van der Waals surface area (Å²) in [7, 11) is -8.01. The SMILES string of the molecule is O=S1(=O)CCCC(S(=O)(=O)F)C1. The molecule has 0 spiro atoms. The smallest absolute Gasteiger partial charge is 0.229 e. The molecule has 1 aliphatic rings. The van der Waals surface area contributed by atoms with Crippen molar-refractivity contribution in [2.75, 3.05) is 11.5 Å². The van der Waals surface area contributed by atoms with Crippen LogP contribution >= 0.6 is 0 Å². The lowest BCUT2D eigenvalue weighted by molar-refractivity contribution is 0.519. The van der Waals surface area contributed by atoms with Crippen LogP contribution in [0.3, 0.4) is 0 Å². The Morgan fingerprint density at radius 3 is 2.25 bits per heavy atom. The van der Waals surface area contributed by atoms with E-state index in [1.54, 1.807) is 0 Å². The Kier molecular flexibility index (Phi) is 2.44. The summed E-state index contributed by atoms with van der Waals surface area (Å²) in [5, 5.41) is -1.34. The van der Waals surface area contributed by atoms with E-state index in [1.807, 2.05) is 0 Å². The maximum Gasteiger partial charge on any atom is 0.306 e. The quantitative estimate of drug-likeness (QED) is 0.572. The maximum atomic E-state index is 12.3. The van der Waals surface area contributed by atoms with Gasteiger partial charge < -0.3 is 0 Å². The predicted octanol–water partition coefficient (Wildman–Crippen LogP) is -0.137. The van der Waals surface area contributed by atoms with Crippen LogP contribution in [0.15, 0.2) is 0 Å². The Hall–Kier alpha value is -0.170. The van der Waals surface area contributed by atoms with Gasteiger partial charge in [-0.3, -0.25) is 0 Å². The molecular weight excluding hydrogens is 207 g/mol. The molecule has 7 heteroatoms. The van der Waals surface area contributed by atoms with Gasteiger partial charge >= 0.3 is 10.2 Å². The Bertz CT molecular complexity index is 343. The monoisotopic (exact) mass is 216 g/mol. The first-order valence-electron chi connectivity index (χ1n) is 3.45. The van der Waals surface area contributed by atoms with Gasteiger partial charge in [0.25, 0.3) is 0 Å². The topological polar surface area (TPSA) is 68.3 Å². The van der Waals surface area contributed by atoms with Gasteiger partial charge in [-0.15, -0.1) is 3.89 Å². The standard InChI is InChI=1S/C5H9FO4S2/c6-12(9,10)5-2-1-3-11(7,8)4-5/h5H,1-4H2. The molecule has 0 saturated carbocycles. The van der Waals surface area contributed by atoms with Crippen LogP contribution in [0, 0.1) is 0 Å². The first-order valence-corrected chi connectivity index (χ1v) is 6.72. The first-order chi connectivity index (χ1) is 5.31. The van der Waals surface area contributed by atoms with Crippen LogP contribution in [0.25, 0.3) is 0 Å². The van der Waals surface area contributed by atoms with E-state index in [1.165, 1.54) is 0 Å². The summed E-state index contributed by atoms with van der Waals surface area (Å²) in [6, 6.07) is 0. The van der Waals surface area contributed by atoms with E-state index in [9.17, 15) is 20.7 Å². The van der Waals surface area contributed by atoms with Crippen molar-refractivity contribution in [1.29, 1.82) is 0 Å². The predicted molar refractivity (Wildman–Crippen MR) is 41.7 cm³/mol. The van der Waals surface area contributed by atoms with E-state index in [2.05, 4.69) is 0 Å². The summed E-state index contributed by atoms with van der Waals surface area (Å²) in [5.74, 6) is -0.592. The molecule has 72 valence electrons. The molecule has 1 saturated heterocycles. The normalized spacial score (nSPS) is 29.9. The third-order valence-electron chi connectivity index (χ3n) is 1.82. The Morgan fingerprint density at radius 2 is 1.92 bits per heavy atom. The van der Waals surface area contributed by atoms with Crippen molar-refractivity contribution in [2.45, 2.75) is 18.1 Å². The first kappa shape index (κ1) is 9.91. The van der Waals surface area contributed by atoms with Crippen molar-refractivity contribution in [1.82, 2.24) is 0 Å². The number of rotatable bonds is 1. The number of hydrogen-bond acceptors (Lipinski definition) is 4. The van der Waals surface area contributed by atoms with Gasteiger partial charge in [-0.2, -0.15) is 8.42 Å². The molecule has 0 N–H and O–H groups in total. The van der Waals surface area contributed by atoms with Crippen molar-refractivity contribution in [2.24, 2.45) is 0 Å². The molecule has 4 nitrogen and oxygen atoms in total. The highest BCUT2D eigenvalue weighted by molar-refractivity contribution is 7.93. The van der Waals surface area contributed by atoms with Crippen LogP contribution in [0.2, 0.25) is 0 Å². The average Bonchev–Trinajstić information content (AvgIpc) is 1.83. The van der Waals surface area contributed by atoms with Crippen LogP contribution in [0.4, 0.5) is 3.89 Å². The zero-order chi connectivity index (χ0) is 9.41. The second kappa shape index (κ2) is 2.95. The van der Waals surface area contributed by atoms with Crippen LogP contribution in [0.1, 0.15) is 12.8 Å². The molecule has 1 heterocycles. The Balaban J connectivity index is 2.86. The summed E-state index contributed by atoms with van der Waals surface area (Å²) in [6.07, 6.45) is 0.341. The average molecular weight is 216 g/mol. The van der Waals surface area contributed by atoms with E-state index >= 15 is 0 Å². The Labute approximate surface area is 70.9 Å². The van der Waals surface area contributed by atoms with Crippen molar-refractivity contribution < 1.29 is 20.7 Å². The lowest BCUT2D eigenvalue weighted by Gasteiger charge is -2.17. The molecule has 0 aliphatic carbocycles. The Morgan fingerprint density at radius 1 is 1.33 bits per heavy atom. The van der Waals surface area contributed by atoms with Gasteiger partial charge in [-0.25, -0.2) is 8.42 Å². The molecule has 0 aromatic heterocycles. The number of hydrogen-bond donors (Lipinski definition) is 0. The fraction of sp³-hybridized carbons (Fsp3) is 1.00. The highest BCUT2D eigenvalue weighted by atomic mass is 32.3. The minimum atomic E-state index is -4.68. The van der Waals surface area contributed by atoms with E-state index < -0.39 is 31.1 Å². The molecule has 0 bridgehead atoms. The zero-order valence-electron chi connectivity index (χ0n) is 6.23. The second-order valence-corrected chi connectivity index (χ2v) is 6.70. The van der Waals surface area contributed by atoms with E-state index in [0.29, 0.717) is 0 Å². The molecule has 0 aromatic rings. The molecule has 0 amide bonds. The minimum absolute atomic E-state index is 0.0287. The molecule has 1 atom stereocenters. The lowest BCUT2D eigenvalue weighted by Crippen LogP contribution is -2.33. The lowest BCUT2D eigenvalue weighted by atomic mass is 10.3. The summed E-state index contributed by atoms with van der Waals surface area (Å²) in [4.78, 5) is 0. The van der Waals surface area contributed by atoms with Crippen molar-refractivity contribution in [3.8, 4) is 0 Å². The molecule has 1 unspecified atom stereocenters. The van der Waals surface area contributed by atoms with Gasteiger partial charge in [0, 0.05) is 0 Å². The fourth-order valence-electron chi connectivity index (χ4n) is 1.20. The molecule has 1 aliphatic heterocycles. The molecule has 0 aromatic carbocycles. The zero-order valence-corrected chi connectivity index (χ0v) is 7.87. The van der Waals surface area contributed by atoms with Crippen LogP contribution in [-0.2, 0) is 20.1 Å². The van der Waals surface area contributed by atoms with Crippen LogP contribution in [0.5, 0.6) is 0 Å². The largest absolute Gasteiger partial charge is 0.306 e. The highest BCUT2D eigenvalue weighted by Gasteiger charge is 2.33. The maximum absolute atomic E-state index is 12.3. The number of halogens is 1. The van der Waals surface area contributed by atoms with Crippen LogP contribution in [-0.4, -0.2) is 33.6 Å².